The number of hydrogen-bond donors (Lipinski definition) is 2. The van der Waals surface area contributed by atoms with Crippen LogP contribution in [-0.2, 0) is 28.2 Å². The zero-order valence-corrected chi connectivity index (χ0v) is 31.5. The van der Waals surface area contributed by atoms with E-state index in [0.29, 0.717) is 12.8 Å². The molecular weight excluding hydrogens is 627 g/mol. The average Bonchev–Trinajstić information content (AvgIpc) is 3.05. The molecule has 0 aliphatic carbocycles. The third-order valence-electron chi connectivity index (χ3n) is 8.13. The van der Waals surface area contributed by atoms with Gasteiger partial charge in [-0.3, -0.25) is 14.1 Å². The first-order valence-electron chi connectivity index (χ1n) is 19.3. The lowest BCUT2D eigenvalue weighted by Gasteiger charge is -2.18. The molecule has 48 heavy (non-hydrogen) atoms. The number of hydrogen-bond acceptors (Lipinski definition) is 6. The third kappa shape index (κ3) is 37.1. The Morgan fingerprint density at radius 1 is 0.542 bits per heavy atom. The van der Waals surface area contributed by atoms with Crippen LogP contribution in [0.2, 0.25) is 0 Å². The van der Waals surface area contributed by atoms with E-state index >= 15 is 0 Å². The van der Waals surface area contributed by atoms with Crippen molar-refractivity contribution in [3.8, 4) is 0 Å². The van der Waals surface area contributed by atoms with Gasteiger partial charge in [0.25, 0.3) is 0 Å². The van der Waals surface area contributed by atoms with E-state index in [4.69, 9.17) is 19.3 Å². The van der Waals surface area contributed by atoms with Crippen LogP contribution in [0.25, 0.3) is 0 Å². The monoisotopic (exact) mass is 698 g/mol. The van der Waals surface area contributed by atoms with Crippen LogP contribution in [0, 0.1) is 0 Å². The number of phosphoric acid groups is 1. The molecule has 0 bridgehead atoms. The van der Waals surface area contributed by atoms with Crippen molar-refractivity contribution in [1.82, 2.24) is 0 Å². The van der Waals surface area contributed by atoms with Gasteiger partial charge in [0.1, 0.15) is 6.61 Å². The standard InChI is InChI=1S/C39H71O8P/c1-3-5-7-9-11-13-15-16-17-18-19-20-21-22-24-26-28-30-32-34-39(41)47-37(36-46-48(42,43)44)35-45-38(40)33-31-29-27-25-23-14-12-10-8-6-4-2/h10-13,16-17,37H,3-9,14-15,18-36H2,1-2H3,(H2,42,43,44)/b12-10-,13-11-,17-16-/t37-/m1/s1. The molecule has 0 amide bonds. The van der Waals surface area contributed by atoms with Crippen molar-refractivity contribution in [3.63, 3.8) is 0 Å². The lowest BCUT2D eigenvalue weighted by Crippen LogP contribution is -2.29. The first-order valence-corrected chi connectivity index (χ1v) is 20.8. The Hall–Kier alpha value is -1.73. The fourth-order valence-electron chi connectivity index (χ4n) is 5.21. The van der Waals surface area contributed by atoms with Crippen molar-refractivity contribution >= 4 is 19.8 Å². The number of phosphoric ester groups is 1. The van der Waals surface area contributed by atoms with Gasteiger partial charge in [0.15, 0.2) is 6.10 Å². The van der Waals surface area contributed by atoms with Gasteiger partial charge in [0.2, 0.25) is 0 Å². The van der Waals surface area contributed by atoms with Crippen LogP contribution >= 0.6 is 7.82 Å². The zero-order chi connectivity index (χ0) is 35.4. The minimum atomic E-state index is -4.75. The molecule has 0 aromatic heterocycles. The Bertz CT molecular complexity index is 879. The number of esters is 2. The van der Waals surface area contributed by atoms with E-state index < -0.39 is 32.5 Å². The van der Waals surface area contributed by atoms with E-state index in [0.717, 1.165) is 70.6 Å². The van der Waals surface area contributed by atoms with Gasteiger partial charge in [-0.25, -0.2) is 4.57 Å². The number of allylic oxidation sites excluding steroid dienone is 6. The molecule has 0 heterocycles. The van der Waals surface area contributed by atoms with E-state index in [1.807, 2.05) is 0 Å². The normalized spacial score (nSPS) is 12.8. The second-order valence-electron chi connectivity index (χ2n) is 12.9. The number of carbonyl (C=O) groups is 2. The summed E-state index contributed by atoms with van der Waals surface area (Å²) < 4.78 is 26.3. The molecule has 0 aromatic rings. The zero-order valence-electron chi connectivity index (χ0n) is 30.6. The first-order chi connectivity index (χ1) is 23.3. The fourth-order valence-corrected chi connectivity index (χ4v) is 5.57. The van der Waals surface area contributed by atoms with Crippen LogP contribution in [-0.4, -0.2) is 41.0 Å². The summed E-state index contributed by atoms with van der Waals surface area (Å²) in [6.07, 6.45) is 40.1. The molecule has 9 heteroatoms. The highest BCUT2D eigenvalue weighted by molar-refractivity contribution is 7.46. The van der Waals surface area contributed by atoms with E-state index in [2.05, 4.69) is 54.8 Å². The van der Waals surface area contributed by atoms with Crippen LogP contribution in [0.3, 0.4) is 0 Å². The molecule has 1 atom stereocenters. The summed E-state index contributed by atoms with van der Waals surface area (Å²) in [5.41, 5.74) is 0. The molecule has 0 aromatic carbocycles. The van der Waals surface area contributed by atoms with Crippen LogP contribution in [0.15, 0.2) is 36.5 Å². The topological polar surface area (TPSA) is 119 Å². The average molecular weight is 699 g/mol. The molecule has 0 unspecified atom stereocenters. The molecular formula is C39H71O8P. The van der Waals surface area contributed by atoms with E-state index in [1.54, 1.807) is 0 Å². The minimum Gasteiger partial charge on any atom is -0.462 e. The highest BCUT2D eigenvalue weighted by Gasteiger charge is 2.22. The summed E-state index contributed by atoms with van der Waals surface area (Å²) in [7, 11) is -4.75. The molecule has 0 spiro atoms. The Labute approximate surface area is 293 Å². The van der Waals surface area contributed by atoms with Crippen molar-refractivity contribution < 1.29 is 37.9 Å². The van der Waals surface area contributed by atoms with Crippen molar-refractivity contribution in [2.24, 2.45) is 0 Å². The number of carbonyl (C=O) groups excluding carboxylic acids is 2. The number of ether oxygens (including phenoxy) is 2. The van der Waals surface area contributed by atoms with Gasteiger partial charge in [0, 0.05) is 12.8 Å². The van der Waals surface area contributed by atoms with Crippen molar-refractivity contribution in [2.45, 2.75) is 187 Å². The summed E-state index contributed by atoms with van der Waals surface area (Å²) in [6.45, 7) is 3.60. The fraction of sp³-hybridized carbons (Fsp3) is 0.795. The van der Waals surface area contributed by atoms with Gasteiger partial charge in [-0.05, 0) is 64.2 Å². The lowest BCUT2D eigenvalue weighted by molar-refractivity contribution is -0.161. The second-order valence-corrected chi connectivity index (χ2v) is 14.1. The summed E-state index contributed by atoms with van der Waals surface area (Å²) >= 11 is 0. The minimum absolute atomic E-state index is 0.205. The van der Waals surface area contributed by atoms with Gasteiger partial charge in [-0.1, -0.05) is 140 Å². The van der Waals surface area contributed by atoms with Gasteiger partial charge in [-0.2, -0.15) is 0 Å². The molecule has 0 saturated carbocycles. The van der Waals surface area contributed by atoms with E-state index in [-0.39, 0.29) is 19.4 Å². The number of unbranched alkanes of at least 4 members (excludes halogenated alkanes) is 19. The second kappa shape index (κ2) is 35.1. The Kier molecular flexibility index (Phi) is 33.8. The van der Waals surface area contributed by atoms with Crippen molar-refractivity contribution in [3.05, 3.63) is 36.5 Å². The van der Waals surface area contributed by atoms with Crippen molar-refractivity contribution in [2.75, 3.05) is 13.2 Å². The van der Waals surface area contributed by atoms with Gasteiger partial charge in [0.05, 0.1) is 6.61 Å². The predicted molar refractivity (Wildman–Crippen MR) is 198 cm³/mol. The van der Waals surface area contributed by atoms with Gasteiger partial charge < -0.3 is 19.3 Å². The highest BCUT2D eigenvalue weighted by atomic mass is 31.2. The Morgan fingerprint density at radius 2 is 0.958 bits per heavy atom. The third-order valence-corrected chi connectivity index (χ3v) is 8.62. The lowest BCUT2D eigenvalue weighted by atomic mass is 10.1. The maximum atomic E-state index is 12.4. The Balaban J connectivity index is 3.94. The molecule has 8 nitrogen and oxygen atoms in total. The molecule has 0 rings (SSSR count). The first kappa shape index (κ1) is 46.3. The van der Waals surface area contributed by atoms with Crippen LogP contribution < -0.4 is 0 Å². The van der Waals surface area contributed by atoms with E-state index in [1.165, 1.54) is 70.6 Å². The highest BCUT2D eigenvalue weighted by Crippen LogP contribution is 2.36. The quantitative estimate of drug-likeness (QED) is 0.0290. The Morgan fingerprint density at radius 3 is 1.46 bits per heavy atom. The molecule has 0 fully saturated rings. The van der Waals surface area contributed by atoms with E-state index in [9.17, 15) is 14.2 Å². The summed E-state index contributed by atoms with van der Waals surface area (Å²) in [4.78, 5) is 42.7. The maximum absolute atomic E-state index is 12.4. The summed E-state index contributed by atoms with van der Waals surface area (Å²) in [5, 5.41) is 0. The smallest absolute Gasteiger partial charge is 0.462 e. The van der Waals surface area contributed by atoms with Crippen LogP contribution in [0.4, 0.5) is 0 Å². The summed E-state index contributed by atoms with van der Waals surface area (Å²) in [6, 6.07) is 0. The van der Waals surface area contributed by atoms with Crippen LogP contribution in [0.5, 0.6) is 0 Å². The van der Waals surface area contributed by atoms with Crippen molar-refractivity contribution in [1.29, 1.82) is 0 Å². The maximum Gasteiger partial charge on any atom is 0.469 e. The molecule has 280 valence electrons. The van der Waals surface area contributed by atoms with Gasteiger partial charge >= 0.3 is 19.8 Å². The van der Waals surface area contributed by atoms with Gasteiger partial charge in [-0.15, -0.1) is 0 Å². The summed E-state index contributed by atoms with van der Waals surface area (Å²) in [5.74, 6) is -0.901. The molecule has 2 N–H and O–H groups in total. The molecule has 0 aliphatic rings. The number of rotatable bonds is 35. The molecule has 0 aliphatic heterocycles. The molecule has 0 radical (unpaired) electrons. The van der Waals surface area contributed by atoms with Crippen LogP contribution in [0.1, 0.15) is 181 Å². The largest absolute Gasteiger partial charge is 0.469 e. The SMILES string of the molecule is CCCC/C=C\CCCCCCCC(=O)OC[C@H](COP(=O)(O)O)OC(=O)CCCCCCCCCCC/C=C\C/C=C\CCCCC. The predicted octanol–water partition coefficient (Wildman–Crippen LogP) is 11.4. The molecule has 0 saturated heterocycles.